The molecule has 3 aromatic rings. The van der Waals surface area contributed by atoms with Crippen LogP contribution >= 0.6 is 34.9 Å². The Bertz CT molecular complexity index is 890. The molecule has 3 rings (SSSR count). The van der Waals surface area contributed by atoms with E-state index in [1.165, 1.54) is 16.5 Å². The van der Waals surface area contributed by atoms with Crippen molar-refractivity contribution in [1.29, 1.82) is 0 Å². The number of nitrogens with one attached hydrogen (secondary N) is 1. The summed E-state index contributed by atoms with van der Waals surface area (Å²) >= 11 is 4.81. The Morgan fingerprint density at radius 2 is 2.07 bits per heavy atom. The summed E-state index contributed by atoms with van der Waals surface area (Å²) in [6, 6.07) is 8.37. The zero-order chi connectivity index (χ0) is 19.9. The van der Waals surface area contributed by atoms with Crippen LogP contribution in [-0.2, 0) is 17.1 Å². The normalized spacial score (nSPS) is 12.4. The van der Waals surface area contributed by atoms with Crippen LogP contribution in [-0.4, -0.2) is 37.5 Å². The van der Waals surface area contributed by atoms with Gasteiger partial charge in [-0.1, -0.05) is 49.0 Å². The van der Waals surface area contributed by atoms with Crippen molar-refractivity contribution >= 4 is 51.0 Å². The minimum absolute atomic E-state index is 0.0435. The summed E-state index contributed by atoms with van der Waals surface area (Å²) in [5.41, 5.74) is 1.03. The molecule has 0 bridgehead atoms. The number of carbonyl (C=O) groups is 1. The van der Waals surface area contributed by atoms with Crippen LogP contribution in [0.4, 0.5) is 0 Å². The highest BCUT2D eigenvalue weighted by atomic mass is 32.2. The highest BCUT2D eigenvalue weighted by Gasteiger charge is 2.15. The molecule has 2 aromatic heterocycles. The summed E-state index contributed by atoms with van der Waals surface area (Å²) in [7, 11) is 0. The molecule has 0 aliphatic heterocycles. The average Bonchev–Trinajstić information content (AvgIpc) is 3.27. The van der Waals surface area contributed by atoms with E-state index in [-0.39, 0.29) is 11.9 Å². The van der Waals surface area contributed by atoms with E-state index in [1.54, 1.807) is 23.1 Å². The molecule has 150 valence electrons. The van der Waals surface area contributed by atoms with Gasteiger partial charge in [-0.25, -0.2) is 4.98 Å². The van der Waals surface area contributed by atoms with E-state index >= 15 is 0 Å². The number of hydrogen-bond acceptors (Lipinski definition) is 7. The lowest BCUT2D eigenvalue weighted by molar-refractivity contribution is -0.119. The van der Waals surface area contributed by atoms with Gasteiger partial charge in [0.15, 0.2) is 9.50 Å². The third kappa shape index (κ3) is 5.48. The van der Waals surface area contributed by atoms with Gasteiger partial charge in [-0.05, 0) is 32.4 Å². The number of nitrogens with zero attached hydrogens (tertiary/aromatic N) is 4. The van der Waals surface area contributed by atoms with Crippen LogP contribution in [0.15, 0.2) is 33.8 Å². The van der Waals surface area contributed by atoms with Crippen LogP contribution < -0.4 is 5.32 Å². The monoisotopic (exact) mass is 435 g/mol. The molecule has 2 heterocycles. The SMILES string of the molecule is CCCC(C)NC(=O)CSc1nnc(CSc2nc3ccccc3s2)n1CC. The zero-order valence-electron chi connectivity index (χ0n) is 16.3. The number of thiazole rings is 1. The van der Waals surface area contributed by atoms with E-state index in [1.807, 2.05) is 25.1 Å². The lowest BCUT2D eigenvalue weighted by Gasteiger charge is -2.12. The van der Waals surface area contributed by atoms with E-state index < -0.39 is 0 Å². The highest BCUT2D eigenvalue weighted by Crippen LogP contribution is 2.31. The number of amides is 1. The van der Waals surface area contributed by atoms with Crippen molar-refractivity contribution in [3.63, 3.8) is 0 Å². The number of benzene rings is 1. The largest absolute Gasteiger partial charge is 0.353 e. The van der Waals surface area contributed by atoms with Crippen molar-refractivity contribution in [3.05, 3.63) is 30.1 Å². The standard InChI is InChI=1S/C19H25N5OS3/c1-4-8-13(3)20-17(25)12-26-18-23-22-16(24(18)5-2)11-27-19-21-14-9-6-7-10-15(14)28-19/h6-7,9-10,13H,4-5,8,11-12H2,1-3H3,(H,20,25). The molecule has 0 fully saturated rings. The third-order valence-corrected chi connectivity index (χ3v) is 7.31. The number of carbonyl (C=O) groups excluding carboxylic acids is 1. The summed E-state index contributed by atoms with van der Waals surface area (Å²) in [5.74, 6) is 2.02. The zero-order valence-corrected chi connectivity index (χ0v) is 18.8. The van der Waals surface area contributed by atoms with Crippen molar-refractivity contribution in [3.8, 4) is 0 Å². The maximum absolute atomic E-state index is 12.1. The quantitative estimate of drug-likeness (QED) is 0.469. The minimum atomic E-state index is 0.0435. The van der Waals surface area contributed by atoms with Gasteiger partial charge in [0.25, 0.3) is 0 Å². The van der Waals surface area contributed by atoms with Crippen LogP contribution in [0.3, 0.4) is 0 Å². The van der Waals surface area contributed by atoms with Gasteiger partial charge >= 0.3 is 0 Å². The van der Waals surface area contributed by atoms with Gasteiger partial charge in [-0.15, -0.1) is 21.5 Å². The second kappa shape index (κ2) is 10.3. The molecule has 0 spiro atoms. The van der Waals surface area contributed by atoms with Gasteiger partial charge in [0.1, 0.15) is 5.82 Å². The predicted molar refractivity (Wildman–Crippen MR) is 118 cm³/mol. The Morgan fingerprint density at radius 3 is 2.82 bits per heavy atom. The molecule has 0 saturated carbocycles. The molecule has 0 saturated heterocycles. The molecule has 9 heteroatoms. The smallest absolute Gasteiger partial charge is 0.230 e. The number of fused-ring (bicyclic) bond motifs is 1. The van der Waals surface area contributed by atoms with Crippen LogP contribution in [0.25, 0.3) is 10.2 Å². The summed E-state index contributed by atoms with van der Waals surface area (Å²) < 4.78 is 4.31. The molecular formula is C19H25N5OS3. The van der Waals surface area contributed by atoms with Crippen molar-refractivity contribution in [2.75, 3.05) is 5.75 Å². The van der Waals surface area contributed by atoms with Crippen molar-refractivity contribution < 1.29 is 4.79 Å². The highest BCUT2D eigenvalue weighted by molar-refractivity contribution is 8.00. The van der Waals surface area contributed by atoms with E-state index in [4.69, 9.17) is 0 Å². The fraction of sp³-hybridized carbons (Fsp3) is 0.474. The van der Waals surface area contributed by atoms with Gasteiger partial charge in [-0.2, -0.15) is 0 Å². The van der Waals surface area contributed by atoms with Crippen molar-refractivity contribution in [1.82, 2.24) is 25.1 Å². The summed E-state index contributed by atoms with van der Waals surface area (Å²) in [5, 5.41) is 12.5. The van der Waals surface area contributed by atoms with Crippen molar-refractivity contribution in [2.45, 2.75) is 61.4 Å². The fourth-order valence-corrected chi connectivity index (χ4v) is 5.68. The van der Waals surface area contributed by atoms with Crippen LogP contribution in [0.5, 0.6) is 0 Å². The summed E-state index contributed by atoms with van der Waals surface area (Å²) in [6.45, 7) is 7.01. The third-order valence-electron chi connectivity index (χ3n) is 4.17. The maximum atomic E-state index is 12.1. The Hall–Kier alpha value is -1.58. The van der Waals surface area contributed by atoms with Gasteiger partial charge < -0.3 is 9.88 Å². The predicted octanol–water partition coefficient (Wildman–Crippen LogP) is 4.60. The van der Waals surface area contributed by atoms with E-state index in [9.17, 15) is 4.79 Å². The number of para-hydroxylation sites is 1. The first-order valence-corrected chi connectivity index (χ1v) is 12.2. The average molecular weight is 436 g/mol. The van der Waals surface area contributed by atoms with Gasteiger partial charge in [0.2, 0.25) is 5.91 Å². The summed E-state index contributed by atoms with van der Waals surface area (Å²) in [4.78, 5) is 16.8. The first kappa shape index (κ1) is 21.1. The Kier molecular flexibility index (Phi) is 7.75. The second-order valence-corrected chi connectivity index (χ2v) is 9.62. The van der Waals surface area contributed by atoms with Crippen molar-refractivity contribution in [2.24, 2.45) is 0 Å². The Labute approximate surface area is 177 Å². The molecule has 0 aliphatic carbocycles. The van der Waals surface area contributed by atoms with Crippen LogP contribution in [0.2, 0.25) is 0 Å². The molecule has 6 nitrogen and oxygen atoms in total. The van der Waals surface area contributed by atoms with E-state index in [0.29, 0.717) is 11.5 Å². The summed E-state index contributed by atoms with van der Waals surface area (Å²) in [6.07, 6.45) is 2.06. The van der Waals surface area contributed by atoms with Gasteiger partial charge in [-0.3, -0.25) is 4.79 Å². The van der Waals surface area contributed by atoms with E-state index in [0.717, 1.165) is 40.2 Å². The molecule has 1 aromatic carbocycles. The second-order valence-electron chi connectivity index (χ2n) is 6.43. The molecule has 1 unspecified atom stereocenters. The molecule has 1 amide bonds. The minimum Gasteiger partial charge on any atom is -0.353 e. The lowest BCUT2D eigenvalue weighted by Crippen LogP contribution is -2.33. The van der Waals surface area contributed by atoms with Crippen LogP contribution in [0, 0.1) is 0 Å². The van der Waals surface area contributed by atoms with Crippen LogP contribution in [0.1, 0.15) is 39.4 Å². The Balaban J connectivity index is 1.57. The fourth-order valence-electron chi connectivity index (χ4n) is 2.84. The van der Waals surface area contributed by atoms with Gasteiger partial charge in [0, 0.05) is 12.6 Å². The molecule has 1 N–H and O–H groups in total. The topological polar surface area (TPSA) is 72.7 Å². The lowest BCUT2D eigenvalue weighted by atomic mass is 10.2. The first-order valence-electron chi connectivity index (χ1n) is 9.43. The number of thioether (sulfide) groups is 2. The molecule has 1 atom stereocenters. The number of hydrogen-bond donors (Lipinski definition) is 1. The molecule has 28 heavy (non-hydrogen) atoms. The Morgan fingerprint density at radius 1 is 1.25 bits per heavy atom. The van der Waals surface area contributed by atoms with Gasteiger partial charge in [0.05, 0.1) is 21.7 Å². The maximum Gasteiger partial charge on any atom is 0.230 e. The molecule has 0 radical (unpaired) electrons. The molecular weight excluding hydrogens is 410 g/mol. The first-order chi connectivity index (χ1) is 13.6. The molecule has 0 aliphatic rings. The number of rotatable bonds is 10. The number of aromatic nitrogens is 4. The van der Waals surface area contributed by atoms with E-state index in [2.05, 4.69) is 45.0 Å².